The summed E-state index contributed by atoms with van der Waals surface area (Å²) in [5.74, 6) is 1.11. The fraction of sp³-hybridized carbons (Fsp3) is 0.400. The van der Waals surface area contributed by atoms with Gasteiger partial charge in [0.05, 0.1) is 0 Å². The second-order valence-corrected chi connectivity index (χ2v) is 7.34. The van der Waals surface area contributed by atoms with Gasteiger partial charge in [-0.1, -0.05) is 31.9 Å². The number of aromatic nitrogens is 1. The van der Waals surface area contributed by atoms with Crippen LogP contribution >= 0.6 is 11.8 Å². The molecule has 0 spiro atoms. The second-order valence-electron chi connectivity index (χ2n) is 6.16. The molecule has 0 unspecified atom stereocenters. The molecular formula is C20H24N2OS. The molecule has 0 radical (unpaired) electrons. The van der Waals surface area contributed by atoms with Gasteiger partial charge in [-0.3, -0.25) is 9.78 Å². The maximum atomic E-state index is 12.9. The molecule has 2 heterocycles. The van der Waals surface area contributed by atoms with E-state index in [9.17, 15) is 4.79 Å². The average molecular weight is 340 g/mol. The summed E-state index contributed by atoms with van der Waals surface area (Å²) in [7, 11) is 0. The predicted octanol–water partition coefficient (Wildman–Crippen LogP) is 4.70. The summed E-state index contributed by atoms with van der Waals surface area (Å²) in [6.07, 6.45) is 8.40. The molecule has 1 aromatic carbocycles. The van der Waals surface area contributed by atoms with Crippen LogP contribution < -0.4 is 0 Å². The number of amides is 1. The van der Waals surface area contributed by atoms with E-state index in [2.05, 4.69) is 24.0 Å². The van der Waals surface area contributed by atoms with Gasteiger partial charge < -0.3 is 4.90 Å². The van der Waals surface area contributed by atoms with Gasteiger partial charge in [0.2, 0.25) is 0 Å². The van der Waals surface area contributed by atoms with Crippen molar-refractivity contribution in [3.63, 3.8) is 0 Å². The standard InChI is InChI=1S/C20H24N2OS/c1-2-3-4-5-16-6-8-17(9-7-16)19(23)22-14-15-24-20(22)18-10-12-21-13-11-18/h6-13,20H,2-5,14-15H2,1H3/t20-/m0/s1. The lowest BCUT2D eigenvalue weighted by Crippen LogP contribution is -2.30. The van der Waals surface area contributed by atoms with Crippen molar-refractivity contribution in [1.82, 2.24) is 9.88 Å². The summed E-state index contributed by atoms with van der Waals surface area (Å²) in [4.78, 5) is 18.9. The molecule has 1 atom stereocenters. The molecule has 1 aromatic heterocycles. The fourth-order valence-electron chi connectivity index (χ4n) is 3.04. The van der Waals surface area contributed by atoms with Crippen LogP contribution in [0.5, 0.6) is 0 Å². The number of thioether (sulfide) groups is 1. The normalized spacial score (nSPS) is 17.2. The van der Waals surface area contributed by atoms with Crippen molar-refractivity contribution < 1.29 is 4.79 Å². The average Bonchev–Trinajstić information content (AvgIpc) is 3.12. The highest BCUT2D eigenvalue weighted by molar-refractivity contribution is 7.99. The molecule has 2 aromatic rings. The quantitative estimate of drug-likeness (QED) is 0.715. The van der Waals surface area contributed by atoms with Gasteiger partial charge in [0.1, 0.15) is 5.37 Å². The number of aryl methyl sites for hydroxylation is 1. The number of benzene rings is 1. The number of unbranched alkanes of at least 4 members (excludes halogenated alkanes) is 2. The van der Waals surface area contributed by atoms with Gasteiger partial charge in [-0.25, -0.2) is 0 Å². The zero-order valence-electron chi connectivity index (χ0n) is 14.1. The molecule has 0 aliphatic carbocycles. The van der Waals surface area contributed by atoms with Crippen LogP contribution in [0.1, 0.15) is 53.0 Å². The fourth-order valence-corrected chi connectivity index (χ4v) is 4.30. The summed E-state index contributed by atoms with van der Waals surface area (Å²) >= 11 is 1.82. The highest BCUT2D eigenvalue weighted by atomic mass is 32.2. The van der Waals surface area contributed by atoms with Crippen LogP contribution in [0.2, 0.25) is 0 Å². The van der Waals surface area contributed by atoms with Gasteiger partial charge in [-0.15, -0.1) is 11.8 Å². The van der Waals surface area contributed by atoms with Gasteiger partial charge in [-0.2, -0.15) is 0 Å². The first-order valence-corrected chi connectivity index (χ1v) is 9.76. The molecule has 0 bridgehead atoms. The first kappa shape index (κ1) is 17.0. The minimum absolute atomic E-state index is 0.102. The topological polar surface area (TPSA) is 33.2 Å². The molecule has 126 valence electrons. The molecule has 1 saturated heterocycles. The van der Waals surface area contributed by atoms with E-state index in [1.54, 1.807) is 12.4 Å². The Morgan fingerprint density at radius 1 is 1.17 bits per heavy atom. The number of hydrogen-bond donors (Lipinski definition) is 0. The summed E-state index contributed by atoms with van der Waals surface area (Å²) in [6.45, 7) is 3.02. The minimum Gasteiger partial charge on any atom is -0.322 e. The summed E-state index contributed by atoms with van der Waals surface area (Å²) < 4.78 is 0. The molecule has 1 amide bonds. The van der Waals surface area contributed by atoms with E-state index in [4.69, 9.17) is 0 Å². The Bertz CT molecular complexity index is 657. The Morgan fingerprint density at radius 3 is 2.62 bits per heavy atom. The van der Waals surface area contributed by atoms with Crippen LogP contribution in [-0.2, 0) is 6.42 Å². The van der Waals surface area contributed by atoms with Gasteiger partial charge in [0.15, 0.2) is 0 Å². The predicted molar refractivity (Wildman–Crippen MR) is 100 cm³/mol. The first-order chi connectivity index (χ1) is 11.8. The number of pyridine rings is 1. The molecular weight excluding hydrogens is 316 g/mol. The number of carbonyl (C=O) groups excluding carboxylic acids is 1. The zero-order valence-corrected chi connectivity index (χ0v) is 15.0. The summed E-state index contributed by atoms with van der Waals surface area (Å²) in [6, 6.07) is 12.2. The monoisotopic (exact) mass is 340 g/mol. The maximum absolute atomic E-state index is 12.9. The van der Waals surface area contributed by atoms with Crippen molar-refractivity contribution in [2.24, 2.45) is 0 Å². The Balaban J connectivity index is 1.69. The van der Waals surface area contributed by atoms with Crippen LogP contribution in [-0.4, -0.2) is 28.1 Å². The van der Waals surface area contributed by atoms with E-state index in [0.717, 1.165) is 29.8 Å². The van der Waals surface area contributed by atoms with Crippen LogP contribution in [0.4, 0.5) is 0 Å². The lowest BCUT2D eigenvalue weighted by Gasteiger charge is -2.24. The molecule has 0 saturated carbocycles. The number of rotatable bonds is 6. The van der Waals surface area contributed by atoms with Crippen LogP contribution in [0.25, 0.3) is 0 Å². The Morgan fingerprint density at radius 2 is 1.92 bits per heavy atom. The van der Waals surface area contributed by atoms with Crippen LogP contribution in [0, 0.1) is 0 Å². The van der Waals surface area contributed by atoms with E-state index in [0.29, 0.717) is 0 Å². The van der Waals surface area contributed by atoms with E-state index < -0.39 is 0 Å². The van der Waals surface area contributed by atoms with Crippen molar-refractivity contribution >= 4 is 17.7 Å². The van der Waals surface area contributed by atoms with Gasteiger partial charge in [0, 0.05) is 30.3 Å². The molecule has 24 heavy (non-hydrogen) atoms. The molecule has 3 rings (SSSR count). The van der Waals surface area contributed by atoms with Gasteiger partial charge in [0.25, 0.3) is 5.91 Å². The SMILES string of the molecule is CCCCCc1ccc(C(=O)N2CCS[C@H]2c2ccncc2)cc1. The van der Waals surface area contributed by atoms with Gasteiger partial charge >= 0.3 is 0 Å². The molecule has 1 aliphatic rings. The van der Waals surface area contributed by atoms with Crippen molar-refractivity contribution in [1.29, 1.82) is 0 Å². The zero-order chi connectivity index (χ0) is 16.8. The molecule has 1 fully saturated rings. The molecule has 1 aliphatic heterocycles. The second kappa shape index (κ2) is 8.34. The molecule has 4 heteroatoms. The maximum Gasteiger partial charge on any atom is 0.255 e. The van der Waals surface area contributed by atoms with E-state index in [1.807, 2.05) is 40.9 Å². The Hall–Kier alpha value is -1.81. The lowest BCUT2D eigenvalue weighted by molar-refractivity contribution is 0.0760. The third-order valence-corrected chi connectivity index (χ3v) is 5.67. The number of nitrogens with zero attached hydrogens (tertiary/aromatic N) is 2. The van der Waals surface area contributed by atoms with Gasteiger partial charge in [-0.05, 0) is 48.2 Å². The first-order valence-electron chi connectivity index (χ1n) is 8.71. The molecule has 0 N–H and O–H groups in total. The Labute approximate surface area is 148 Å². The largest absolute Gasteiger partial charge is 0.322 e. The Kier molecular flexibility index (Phi) is 5.91. The summed E-state index contributed by atoms with van der Waals surface area (Å²) in [5, 5.41) is 0.102. The van der Waals surface area contributed by atoms with Crippen molar-refractivity contribution in [2.45, 2.75) is 38.0 Å². The van der Waals surface area contributed by atoms with Crippen LogP contribution in [0.3, 0.4) is 0 Å². The van der Waals surface area contributed by atoms with Crippen molar-refractivity contribution in [3.8, 4) is 0 Å². The van der Waals surface area contributed by atoms with E-state index in [1.165, 1.54) is 24.8 Å². The van der Waals surface area contributed by atoms with Crippen LogP contribution in [0.15, 0.2) is 48.8 Å². The third kappa shape index (κ3) is 3.99. The number of carbonyl (C=O) groups is 1. The number of hydrogen-bond acceptors (Lipinski definition) is 3. The van der Waals surface area contributed by atoms with Crippen molar-refractivity contribution in [3.05, 3.63) is 65.5 Å². The minimum atomic E-state index is 0.102. The lowest BCUT2D eigenvalue weighted by atomic mass is 10.0. The highest BCUT2D eigenvalue weighted by Crippen LogP contribution is 2.38. The van der Waals surface area contributed by atoms with Crippen molar-refractivity contribution in [2.75, 3.05) is 12.3 Å². The third-order valence-electron chi connectivity index (χ3n) is 4.41. The summed E-state index contributed by atoms with van der Waals surface area (Å²) in [5.41, 5.74) is 3.26. The van der Waals surface area contributed by atoms with E-state index in [-0.39, 0.29) is 11.3 Å². The highest BCUT2D eigenvalue weighted by Gasteiger charge is 2.31. The molecule has 3 nitrogen and oxygen atoms in total. The smallest absolute Gasteiger partial charge is 0.255 e. The van der Waals surface area contributed by atoms with E-state index >= 15 is 0 Å².